The third-order valence-electron chi connectivity index (χ3n) is 3.29. The summed E-state index contributed by atoms with van der Waals surface area (Å²) in [5.74, 6) is 1.13. The maximum atomic E-state index is 11.9. The second-order valence-electron chi connectivity index (χ2n) is 4.95. The fraction of sp³-hybridized carbons (Fsp3) is 0.500. The van der Waals surface area contributed by atoms with Crippen molar-refractivity contribution in [3.8, 4) is 0 Å². The molecular weight excluding hydrogens is 360 g/mol. The first-order chi connectivity index (χ1) is 9.10. The summed E-state index contributed by atoms with van der Waals surface area (Å²) in [5, 5.41) is 3.04. The molecule has 1 saturated carbocycles. The van der Waals surface area contributed by atoms with E-state index >= 15 is 0 Å². The second-order valence-corrected chi connectivity index (χ2v) is 6.88. The number of hydrogen-bond donors (Lipinski definition) is 2. The number of benzene rings is 1. The number of amides is 1. The third-order valence-corrected chi connectivity index (χ3v) is 4.96. The minimum absolute atomic E-state index is 0. The summed E-state index contributed by atoms with van der Waals surface area (Å²) in [6.07, 6.45) is 2.39. The zero-order valence-corrected chi connectivity index (χ0v) is 14.6. The van der Waals surface area contributed by atoms with Crippen molar-refractivity contribution in [2.45, 2.75) is 30.7 Å². The van der Waals surface area contributed by atoms with Gasteiger partial charge in [0.1, 0.15) is 0 Å². The minimum atomic E-state index is 0. The molecular formula is C14H20BrClN2OS. The number of hydrogen-bond acceptors (Lipinski definition) is 3. The van der Waals surface area contributed by atoms with Crippen LogP contribution in [0.5, 0.6) is 0 Å². The molecule has 1 amide bonds. The number of nitrogens with two attached hydrogens (primary N) is 1. The molecule has 0 aliphatic heterocycles. The Kier molecular flexibility index (Phi) is 7.37. The van der Waals surface area contributed by atoms with Gasteiger partial charge in [-0.1, -0.05) is 15.9 Å². The molecule has 1 aromatic rings. The summed E-state index contributed by atoms with van der Waals surface area (Å²) in [4.78, 5) is 13.0. The van der Waals surface area contributed by atoms with Crippen LogP contribution in [0.4, 0.5) is 0 Å². The van der Waals surface area contributed by atoms with Gasteiger partial charge in [0.05, 0.1) is 5.75 Å². The minimum Gasteiger partial charge on any atom is -0.351 e. The van der Waals surface area contributed by atoms with E-state index in [1.165, 1.54) is 18.4 Å². The van der Waals surface area contributed by atoms with Gasteiger partial charge in [0.15, 0.2) is 0 Å². The van der Waals surface area contributed by atoms with Crippen LogP contribution >= 0.6 is 40.1 Å². The molecule has 0 saturated heterocycles. The lowest BCUT2D eigenvalue weighted by Gasteiger charge is -2.16. The Hall–Kier alpha value is -0.230. The van der Waals surface area contributed by atoms with Gasteiger partial charge in [0.25, 0.3) is 0 Å². The smallest absolute Gasteiger partial charge is 0.230 e. The highest BCUT2D eigenvalue weighted by Gasteiger charge is 2.31. The lowest BCUT2D eigenvalue weighted by molar-refractivity contribution is -0.119. The predicted molar refractivity (Wildman–Crippen MR) is 90.6 cm³/mol. The average molecular weight is 380 g/mol. The van der Waals surface area contributed by atoms with E-state index in [1.54, 1.807) is 11.8 Å². The Bertz CT molecular complexity index is 468. The largest absolute Gasteiger partial charge is 0.351 e. The van der Waals surface area contributed by atoms with E-state index in [0.717, 1.165) is 9.37 Å². The molecule has 1 aliphatic rings. The summed E-state index contributed by atoms with van der Waals surface area (Å²) in [6, 6.07) is 6.27. The monoisotopic (exact) mass is 378 g/mol. The van der Waals surface area contributed by atoms with Crippen molar-refractivity contribution in [1.82, 2.24) is 5.32 Å². The standard InChI is InChI=1S/C14H19BrN2OS.ClH/c1-9-6-11(15)4-5-13(9)19-8-14(18)17-12(7-16)10-2-3-10;/h4-6,10,12H,2-3,7-8,16H2,1H3,(H,17,18);1H. The van der Waals surface area contributed by atoms with E-state index in [-0.39, 0.29) is 24.4 Å². The van der Waals surface area contributed by atoms with E-state index < -0.39 is 0 Å². The molecule has 0 aromatic heterocycles. The van der Waals surface area contributed by atoms with Crippen molar-refractivity contribution >= 4 is 46.0 Å². The molecule has 0 radical (unpaired) electrons. The molecule has 3 N–H and O–H groups in total. The van der Waals surface area contributed by atoms with Gasteiger partial charge in [-0.15, -0.1) is 24.2 Å². The van der Waals surface area contributed by atoms with Crippen LogP contribution in [-0.4, -0.2) is 24.2 Å². The molecule has 2 rings (SSSR count). The summed E-state index contributed by atoms with van der Waals surface area (Å²) < 4.78 is 1.07. The van der Waals surface area contributed by atoms with E-state index in [1.807, 2.05) is 12.1 Å². The van der Waals surface area contributed by atoms with Crippen molar-refractivity contribution < 1.29 is 4.79 Å². The molecule has 1 aliphatic carbocycles. The quantitative estimate of drug-likeness (QED) is 0.747. The number of carbonyl (C=O) groups is 1. The van der Waals surface area contributed by atoms with Crippen molar-refractivity contribution in [2.24, 2.45) is 11.7 Å². The highest BCUT2D eigenvalue weighted by atomic mass is 79.9. The molecule has 1 fully saturated rings. The van der Waals surface area contributed by atoms with Gasteiger partial charge >= 0.3 is 0 Å². The first-order valence-corrected chi connectivity index (χ1v) is 8.26. The van der Waals surface area contributed by atoms with Crippen LogP contribution in [0.25, 0.3) is 0 Å². The number of halogens is 2. The van der Waals surface area contributed by atoms with Crippen LogP contribution in [-0.2, 0) is 4.79 Å². The molecule has 1 unspecified atom stereocenters. The average Bonchev–Trinajstić information content (AvgIpc) is 3.19. The van der Waals surface area contributed by atoms with Crippen molar-refractivity contribution in [2.75, 3.05) is 12.3 Å². The van der Waals surface area contributed by atoms with Crippen LogP contribution in [0.15, 0.2) is 27.6 Å². The fourth-order valence-corrected chi connectivity index (χ4v) is 3.33. The first-order valence-electron chi connectivity index (χ1n) is 6.48. The fourth-order valence-electron chi connectivity index (χ4n) is 2.03. The van der Waals surface area contributed by atoms with Crippen molar-refractivity contribution in [3.63, 3.8) is 0 Å². The van der Waals surface area contributed by atoms with Crippen LogP contribution < -0.4 is 11.1 Å². The Morgan fingerprint density at radius 1 is 1.55 bits per heavy atom. The van der Waals surface area contributed by atoms with Gasteiger partial charge in [0.2, 0.25) is 5.91 Å². The summed E-state index contributed by atoms with van der Waals surface area (Å²) >= 11 is 5.01. The molecule has 1 aromatic carbocycles. The van der Waals surface area contributed by atoms with E-state index in [0.29, 0.717) is 18.2 Å². The van der Waals surface area contributed by atoms with Crippen molar-refractivity contribution in [3.05, 3.63) is 28.2 Å². The summed E-state index contributed by atoms with van der Waals surface area (Å²) in [5.41, 5.74) is 6.87. The highest BCUT2D eigenvalue weighted by Crippen LogP contribution is 2.32. The van der Waals surface area contributed by atoms with Crippen LogP contribution in [0, 0.1) is 12.8 Å². The van der Waals surface area contributed by atoms with Crippen LogP contribution in [0.3, 0.4) is 0 Å². The third kappa shape index (κ3) is 5.28. The Balaban J connectivity index is 0.00000200. The topological polar surface area (TPSA) is 55.1 Å². The van der Waals surface area contributed by atoms with Gasteiger partial charge in [-0.3, -0.25) is 4.79 Å². The molecule has 0 heterocycles. The Morgan fingerprint density at radius 3 is 2.80 bits per heavy atom. The number of thioether (sulfide) groups is 1. The zero-order valence-electron chi connectivity index (χ0n) is 11.4. The summed E-state index contributed by atoms with van der Waals surface area (Å²) in [7, 11) is 0. The molecule has 3 nitrogen and oxygen atoms in total. The number of aryl methyl sites for hydroxylation is 1. The number of nitrogens with one attached hydrogen (secondary N) is 1. The molecule has 6 heteroatoms. The Morgan fingerprint density at radius 2 is 2.25 bits per heavy atom. The normalized spacial score (nSPS) is 15.3. The molecule has 0 spiro atoms. The number of carbonyl (C=O) groups excluding carboxylic acids is 1. The number of rotatable bonds is 6. The SMILES string of the molecule is Cc1cc(Br)ccc1SCC(=O)NC(CN)C1CC1.Cl. The molecule has 20 heavy (non-hydrogen) atoms. The maximum Gasteiger partial charge on any atom is 0.230 e. The van der Waals surface area contributed by atoms with Gasteiger partial charge in [0, 0.05) is 22.0 Å². The van der Waals surface area contributed by atoms with E-state index in [2.05, 4.69) is 34.2 Å². The Labute approximate surface area is 139 Å². The van der Waals surface area contributed by atoms with E-state index in [9.17, 15) is 4.79 Å². The van der Waals surface area contributed by atoms with Gasteiger partial charge < -0.3 is 11.1 Å². The zero-order chi connectivity index (χ0) is 13.8. The lowest BCUT2D eigenvalue weighted by Crippen LogP contribution is -2.42. The summed E-state index contributed by atoms with van der Waals surface area (Å²) in [6.45, 7) is 2.59. The van der Waals surface area contributed by atoms with Crippen LogP contribution in [0.2, 0.25) is 0 Å². The first kappa shape index (κ1) is 17.8. The maximum absolute atomic E-state index is 11.9. The second kappa shape index (κ2) is 8.27. The molecule has 0 bridgehead atoms. The van der Waals surface area contributed by atoms with Gasteiger partial charge in [-0.05, 0) is 49.4 Å². The van der Waals surface area contributed by atoms with Gasteiger partial charge in [-0.25, -0.2) is 0 Å². The molecule has 1 atom stereocenters. The highest BCUT2D eigenvalue weighted by molar-refractivity contribution is 9.10. The predicted octanol–water partition coefficient (Wildman–Crippen LogP) is 3.12. The van der Waals surface area contributed by atoms with Crippen molar-refractivity contribution in [1.29, 1.82) is 0 Å². The van der Waals surface area contributed by atoms with Gasteiger partial charge in [-0.2, -0.15) is 0 Å². The molecule has 112 valence electrons. The lowest BCUT2D eigenvalue weighted by atomic mass is 10.2. The van der Waals surface area contributed by atoms with Crippen LogP contribution in [0.1, 0.15) is 18.4 Å². The van der Waals surface area contributed by atoms with E-state index in [4.69, 9.17) is 5.73 Å².